The molecule has 2 N–H and O–H groups in total. The molecule has 0 radical (unpaired) electrons. The van der Waals surface area contributed by atoms with E-state index in [1.54, 1.807) is 0 Å². The first-order valence-corrected chi connectivity index (χ1v) is 7.70. The summed E-state index contributed by atoms with van der Waals surface area (Å²) in [7, 11) is 0. The van der Waals surface area contributed by atoms with Gasteiger partial charge in [0, 0.05) is 11.6 Å². The third-order valence-corrected chi connectivity index (χ3v) is 4.26. The molecule has 1 saturated carbocycles. The summed E-state index contributed by atoms with van der Waals surface area (Å²) in [5.41, 5.74) is 1.06. The van der Waals surface area contributed by atoms with Crippen LogP contribution in [0.4, 0.5) is 0 Å². The maximum absolute atomic E-state index is 12.2. The fourth-order valence-corrected chi connectivity index (χ4v) is 3.11. The van der Waals surface area contributed by atoms with Crippen molar-refractivity contribution in [2.75, 3.05) is 6.54 Å². The van der Waals surface area contributed by atoms with Crippen LogP contribution in [0.5, 0.6) is 0 Å². The molecule has 1 aromatic rings. The number of hydrogen-bond donors (Lipinski definition) is 2. The molecular weight excluding hydrogens is 290 g/mol. The van der Waals surface area contributed by atoms with E-state index < -0.39 is 17.8 Å². The Kier molecular flexibility index (Phi) is 5.62. The maximum atomic E-state index is 12.2. The molecule has 0 spiro atoms. The van der Waals surface area contributed by atoms with Crippen LogP contribution in [-0.4, -0.2) is 23.5 Å². The van der Waals surface area contributed by atoms with E-state index >= 15 is 0 Å². The number of carbonyl (C=O) groups is 2. The maximum Gasteiger partial charge on any atom is 0.307 e. The minimum absolute atomic E-state index is 0.135. The standard InChI is InChI=1S/C16H20ClNO3/c17-12-5-3-4-11(10-12)8-9-18-15(19)13-6-1-2-7-14(13)16(20)21/h3-5,10,13-14H,1-2,6-9H2,(H,18,19)(H,20,21)/t13-,14+/m1/s1. The Labute approximate surface area is 129 Å². The van der Waals surface area contributed by atoms with Gasteiger partial charge in [-0.05, 0) is 37.0 Å². The van der Waals surface area contributed by atoms with Crippen LogP contribution < -0.4 is 5.32 Å². The van der Waals surface area contributed by atoms with E-state index in [9.17, 15) is 14.7 Å². The van der Waals surface area contributed by atoms with E-state index in [0.29, 0.717) is 30.8 Å². The minimum Gasteiger partial charge on any atom is -0.481 e. The van der Waals surface area contributed by atoms with Gasteiger partial charge in [-0.1, -0.05) is 36.6 Å². The van der Waals surface area contributed by atoms with Gasteiger partial charge in [-0.2, -0.15) is 0 Å². The van der Waals surface area contributed by atoms with Crippen molar-refractivity contribution in [1.82, 2.24) is 5.32 Å². The van der Waals surface area contributed by atoms with Crippen molar-refractivity contribution in [3.8, 4) is 0 Å². The van der Waals surface area contributed by atoms with Crippen LogP contribution >= 0.6 is 11.6 Å². The van der Waals surface area contributed by atoms with Crippen LogP contribution in [0.2, 0.25) is 5.02 Å². The predicted molar refractivity (Wildman–Crippen MR) is 81.2 cm³/mol. The van der Waals surface area contributed by atoms with E-state index in [2.05, 4.69) is 5.32 Å². The lowest BCUT2D eigenvalue weighted by atomic mass is 9.78. The average molecular weight is 310 g/mol. The van der Waals surface area contributed by atoms with E-state index in [-0.39, 0.29) is 5.91 Å². The van der Waals surface area contributed by atoms with E-state index in [1.807, 2.05) is 24.3 Å². The zero-order valence-electron chi connectivity index (χ0n) is 11.8. The quantitative estimate of drug-likeness (QED) is 0.879. The summed E-state index contributed by atoms with van der Waals surface area (Å²) in [5, 5.41) is 12.7. The molecule has 1 amide bonds. The molecule has 0 bridgehead atoms. The first-order chi connectivity index (χ1) is 10.1. The van der Waals surface area contributed by atoms with Gasteiger partial charge in [0.05, 0.1) is 11.8 Å². The second-order valence-electron chi connectivity index (χ2n) is 5.51. The fourth-order valence-electron chi connectivity index (χ4n) is 2.89. The number of amides is 1. The number of nitrogens with one attached hydrogen (secondary N) is 1. The molecule has 21 heavy (non-hydrogen) atoms. The molecule has 1 aliphatic rings. The summed E-state index contributed by atoms with van der Waals surface area (Å²) in [4.78, 5) is 23.4. The average Bonchev–Trinajstić information content (AvgIpc) is 2.47. The van der Waals surface area contributed by atoms with E-state index in [0.717, 1.165) is 18.4 Å². The van der Waals surface area contributed by atoms with Crippen LogP contribution in [0.3, 0.4) is 0 Å². The molecule has 1 aromatic carbocycles. The zero-order valence-corrected chi connectivity index (χ0v) is 12.6. The van der Waals surface area contributed by atoms with Gasteiger partial charge in [0.25, 0.3) is 0 Å². The lowest BCUT2D eigenvalue weighted by Crippen LogP contribution is -2.40. The van der Waals surface area contributed by atoms with Gasteiger partial charge in [0.1, 0.15) is 0 Å². The van der Waals surface area contributed by atoms with Crippen molar-refractivity contribution in [2.45, 2.75) is 32.1 Å². The summed E-state index contributed by atoms with van der Waals surface area (Å²) in [6, 6.07) is 7.51. The molecule has 0 heterocycles. The highest BCUT2D eigenvalue weighted by molar-refractivity contribution is 6.30. The number of halogens is 1. The van der Waals surface area contributed by atoms with E-state index in [1.165, 1.54) is 0 Å². The van der Waals surface area contributed by atoms with Crippen molar-refractivity contribution in [3.05, 3.63) is 34.9 Å². The first kappa shape index (κ1) is 15.8. The Morgan fingerprint density at radius 2 is 1.95 bits per heavy atom. The molecule has 114 valence electrons. The number of hydrogen-bond acceptors (Lipinski definition) is 2. The Bertz CT molecular complexity index is 518. The third-order valence-electron chi connectivity index (χ3n) is 4.02. The number of aliphatic carboxylic acids is 1. The molecule has 2 atom stereocenters. The number of carboxylic acids is 1. The summed E-state index contributed by atoms with van der Waals surface area (Å²) in [6.07, 6.45) is 3.78. The summed E-state index contributed by atoms with van der Waals surface area (Å²) in [5.74, 6) is -1.92. The van der Waals surface area contributed by atoms with Gasteiger partial charge >= 0.3 is 5.97 Å². The summed E-state index contributed by atoms with van der Waals surface area (Å²) in [6.45, 7) is 0.502. The van der Waals surface area contributed by atoms with Crippen molar-refractivity contribution >= 4 is 23.5 Å². The smallest absolute Gasteiger partial charge is 0.307 e. The topological polar surface area (TPSA) is 66.4 Å². The van der Waals surface area contributed by atoms with Gasteiger partial charge in [0.2, 0.25) is 5.91 Å². The molecule has 2 rings (SSSR count). The van der Waals surface area contributed by atoms with Gasteiger partial charge in [-0.3, -0.25) is 9.59 Å². The van der Waals surface area contributed by atoms with Gasteiger partial charge < -0.3 is 10.4 Å². The highest BCUT2D eigenvalue weighted by Gasteiger charge is 2.35. The lowest BCUT2D eigenvalue weighted by Gasteiger charge is -2.27. The monoisotopic (exact) mass is 309 g/mol. The number of carbonyl (C=O) groups excluding carboxylic acids is 1. The Hall–Kier alpha value is -1.55. The molecule has 0 aliphatic heterocycles. The van der Waals surface area contributed by atoms with Crippen LogP contribution in [0, 0.1) is 11.8 Å². The first-order valence-electron chi connectivity index (χ1n) is 7.33. The predicted octanol–water partition coefficient (Wildman–Crippen LogP) is 2.89. The molecule has 1 aliphatic carbocycles. The highest BCUT2D eigenvalue weighted by atomic mass is 35.5. The van der Waals surface area contributed by atoms with E-state index in [4.69, 9.17) is 11.6 Å². The van der Waals surface area contributed by atoms with Crippen LogP contribution in [0.1, 0.15) is 31.2 Å². The Morgan fingerprint density at radius 3 is 2.62 bits per heavy atom. The molecule has 5 heteroatoms. The van der Waals surface area contributed by atoms with Gasteiger partial charge in [-0.15, -0.1) is 0 Å². The number of carboxylic acid groups (broad SMARTS) is 1. The van der Waals surface area contributed by atoms with Crippen molar-refractivity contribution in [3.63, 3.8) is 0 Å². The lowest BCUT2D eigenvalue weighted by molar-refractivity contribution is -0.148. The largest absolute Gasteiger partial charge is 0.481 e. The van der Waals surface area contributed by atoms with Crippen LogP contribution in [-0.2, 0) is 16.0 Å². The summed E-state index contributed by atoms with van der Waals surface area (Å²) >= 11 is 5.91. The van der Waals surface area contributed by atoms with Crippen LogP contribution in [0.15, 0.2) is 24.3 Å². The number of rotatable bonds is 5. The molecule has 1 fully saturated rings. The van der Waals surface area contributed by atoms with Crippen molar-refractivity contribution < 1.29 is 14.7 Å². The zero-order chi connectivity index (χ0) is 15.2. The summed E-state index contributed by atoms with van der Waals surface area (Å²) < 4.78 is 0. The van der Waals surface area contributed by atoms with Crippen molar-refractivity contribution in [1.29, 1.82) is 0 Å². The highest BCUT2D eigenvalue weighted by Crippen LogP contribution is 2.30. The second kappa shape index (κ2) is 7.46. The van der Waals surface area contributed by atoms with Gasteiger partial charge in [0.15, 0.2) is 0 Å². The molecule has 4 nitrogen and oxygen atoms in total. The Balaban J connectivity index is 1.84. The fraction of sp³-hybridized carbons (Fsp3) is 0.500. The molecule has 0 saturated heterocycles. The Morgan fingerprint density at radius 1 is 1.24 bits per heavy atom. The second-order valence-corrected chi connectivity index (χ2v) is 5.94. The third kappa shape index (κ3) is 4.46. The minimum atomic E-state index is -0.857. The SMILES string of the molecule is O=C(O)[C@H]1CCCC[C@H]1C(=O)NCCc1cccc(Cl)c1. The normalized spacial score (nSPS) is 21.8. The molecule has 0 aromatic heterocycles. The molecule has 0 unspecified atom stereocenters. The van der Waals surface area contributed by atoms with Crippen LogP contribution in [0.25, 0.3) is 0 Å². The molecular formula is C16H20ClNO3. The van der Waals surface area contributed by atoms with Crippen molar-refractivity contribution in [2.24, 2.45) is 11.8 Å². The number of benzene rings is 1. The van der Waals surface area contributed by atoms with Gasteiger partial charge in [-0.25, -0.2) is 0 Å².